The molecule has 0 radical (unpaired) electrons. The minimum atomic E-state index is -0.294. The maximum atomic E-state index is 11.2. The van der Waals surface area contributed by atoms with Gasteiger partial charge < -0.3 is 11.1 Å². The van der Waals surface area contributed by atoms with Gasteiger partial charge in [0.1, 0.15) is 6.04 Å². The zero-order chi connectivity index (χ0) is 10.8. The van der Waals surface area contributed by atoms with E-state index in [1.165, 1.54) is 0 Å². The zero-order valence-corrected chi connectivity index (χ0v) is 9.00. The molecule has 0 aliphatic heterocycles. The number of primary amides is 1. The summed E-state index contributed by atoms with van der Waals surface area (Å²) in [6.07, 6.45) is 2.14. The van der Waals surface area contributed by atoms with E-state index < -0.39 is 0 Å². The molecule has 4 heteroatoms. The minimum absolute atomic E-state index is 0.261. The molecule has 3 N–H and O–H groups in total. The number of carbonyl (C=O) groups is 1. The van der Waals surface area contributed by atoms with Crippen LogP contribution in [0.25, 0.3) is 0 Å². The molecule has 0 bridgehead atoms. The Bertz CT molecular complexity index is 377. The molecule has 15 heavy (non-hydrogen) atoms. The van der Waals surface area contributed by atoms with Gasteiger partial charge in [-0.2, -0.15) is 0 Å². The van der Waals surface area contributed by atoms with Gasteiger partial charge in [-0.1, -0.05) is 17.7 Å². The van der Waals surface area contributed by atoms with Gasteiger partial charge in [-0.15, -0.1) is 0 Å². The number of nitrogens with one attached hydrogen (secondary N) is 1. The van der Waals surface area contributed by atoms with E-state index in [-0.39, 0.29) is 11.9 Å². The molecule has 1 aromatic rings. The van der Waals surface area contributed by atoms with Crippen LogP contribution in [-0.4, -0.2) is 11.9 Å². The van der Waals surface area contributed by atoms with Crippen LogP contribution in [0.5, 0.6) is 0 Å². The van der Waals surface area contributed by atoms with Crippen molar-refractivity contribution in [3.63, 3.8) is 0 Å². The van der Waals surface area contributed by atoms with Crippen molar-refractivity contribution in [3.8, 4) is 0 Å². The van der Waals surface area contributed by atoms with Crippen LogP contribution in [0.1, 0.15) is 12.8 Å². The largest absolute Gasteiger partial charge is 0.373 e. The summed E-state index contributed by atoms with van der Waals surface area (Å²) in [5.74, 6) is 0.0963. The normalized spacial score (nSPS) is 17.1. The Kier molecular flexibility index (Phi) is 2.82. The van der Waals surface area contributed by atoms with Crippen molar-refractivity contribution in [2.75, 3.05) is 5.32 Å². The Morgan fingerprint density at radius 2 is 2.27 bits per heavy atom. The Morgan fingerprint density at radius 1 is 1.53 bits per heavy atom. The first kappa shape index (κ1) is 10.3. The van der Waals surface area contributed by atoms with E-state index in [9.17, 15) is 4.79 Å². The van der Waals surface area contributed by atoms with Crippen molar-refractivity contribution < 1.29 is 4.79 Å². The Labute approximate surface area is 93.6 Å². The smallest absolute Gasteiger partial charge is 0.240 e. The van der Waals surface area contributed by atoms with E-state index in [2.05, 4.69) is 5.32 Å². The fourth-order valence-corrected chi connectivity index (χ4v) is 1.80. The highest BCUT2D eigenvalue weighted by Crippen LogP contribution is 2.34. The van der Waals surface area contributed by atoms with Gasteiger partial charge in [0.15, 0.2) is 0 Å². The van der Waals surface area contributed by atoms with Gasteiger partial charge >= 0.3 is 0 Å². The maximum Gasteiger partial charge on any atom is 0.240 e. The molecule has 0 aromatic heterocycles. The molecule has 1 fully saturated rings. The van der Waals surface area contributed by atoms with Gasteiger partial charge in [0.25, 0.3) is 0 Å². The number of rotatable bonds is 4. The molecular formula is C11H13ClN2O. The summed E-state index contributed by atoms with van der Waals surface area (Å²) in [5, 5.41) is 3.77. The maximum absolute atomic E-state index is 11.2. The van der Waals surface area contributed by atoms with Crippen LogP contribution in [0.3, 0.4) is 0 Å². The van der Waals surface area contributed by atoms with E-state index in [0.717, 1.165) is 18.5 Å². The second kappa shape index (κ2) is 4.11. The van der Waals surface area contributed by atoms with Crippen molar-refractivity contribution in [3.05, 3.63) is 29.3 Å². The van der Waals surface area contributed by atoms with Crippen molar-refractivity contribution in [2.45, 2.75) is 18.9 Å². The molecular weight excluding hydrogens is 212 g/mol. The fraction of sp³-hybridized carbons (Fsp3) is 0.364. The number of hydrogen-bond donors (Lipinski definition) is 2. The Morgan fingerprint density at radius 3 is 2.80 bits per heavy atom. The number of amides is 1. The first-order valence-corrected chi connectivity index (χ1v) is 5.36. The molecule has 80 valence electrons. The molecule has 1 aromatic carbocycles. The van der Waals surface area contributed by atoms with Gasteiger partial charge in [-0.25, -0.2) is 0 Å². The molecule has 2 rings (SSSR count). The van der Waals surface area contributed by atoms with Crippen LogP contribution < -0.4 is 11.1 Å². The summed E-state index contributed by atoms with van der Waals surface area (Å²) in [5.41, 5.74) is 6.17. The number of hydrogen-bond acceptors (Lipinski definition) is 2. The lowest BCUT2D eigenvalue weighted by molar-refractivity contribution is -0.119. The predicted octanol–water partition coefficient (Wildman–Crippen LogP) is 2.02. The summed E-state index contributed by atoms with van der Waals surface area (Å²) in [6, 6.07) is 7.05. The van der Waals surface area contributed by atoms with Gasteiger partial charge in [0.05, 0.1) is 0 Å². The third-order valence-electron chi connectivity index (χ3n) is 2.55. The van der Waals surface area contributed by atoms with E-state index in [1.54, 1.807) is 12.1 Å². The number of anilines is 1. The fourth-order valence-electron chi connectivity index (χ4n) is 1.61. The van der Waals surface area contributed by atoms with Crippen molar-refractivity contribution in [1.29, 1.82) is 0 Å². The number of nitrogens with two attached hydrogens (primary N) is 1. The lowest BCUT2D eigenvalue weighted by Crippen LogP contribution is -2.37. The molecule has 0 heterocycles. The van der Waals surface area contributed by atoms with Crippen molar-refractivity contribution >= 4 is 23.2 Å². The van der Waals surface area contributed by atoms with Crippen molar-refractivity contribution in [1.82, 2.24) is 0 Å². The highest BCUT2D eigenvalue weighted by molar-refractivity contribution is 6.30. The molecule has 0 spiro atoms. The lowest BCUT2D eigenvalue weighted by Gasteiger charge is -2.15. The van der Waals surface area contributed by atoms with E-state index in [4.69, 9.17) is 17.3 Å². The first-order valence-electron chi connectivity index (χ1n) is 4.98. The summed E-state index contributed by atoms with van der Waals surface area (Å²) in [6.45, 7) is 0. The topological polar surface area (TPSA) is 55.1 Å². The highest BCUT2D eigenvalue weighted by Gasteiger charge is 2.34. The van der Waals surface area contributed by atoms with Crippen LogP contribution in [-0.2, 0) is 4.79 Å². The van der Waals surface area contributed by atoms with E-state index >= 15 is 0 Å². The molecule has 1 aliphatic rings. The van der Waals surface area contributed by atoms with Crippen LogP contribution >= 0.6 is 11.6 Å². The zero-order valence-electron chi connectivity index (χ0n) is 8.24. The molecule has 1 amide bonds. The molecule has 1 atom stereocenters. The van der Waals surface area contributed by atoms with Crippen LogP contribution in [0.2, 0.25) is 5.02 Å². The van der Waals surface area contributed by atoms with E-state index in [0.29, 0.717) is 10.9 Å². The Balaban J connectivity index is 2.08. The van der Waals surface area contributed by atoms with Gasteiger partial charge in [0, 0.05) is 10.7 Å². The first-order chi connectivity index (χ1) is 7.16. The highest BCUT2D eigenvalue weighted by atomic mass is 35.5. The SMILES string of the molecule is NC(=O)C(Nc1cccc(Cl)c1)C1CC1. The number of benzene rings is 1. The van der Waals surface area contributed by atoms with Gasteiger partial charge in [-0.3, -0.25) is 4.79 Å². The summed E-state index contributed by atoms with van der Waals surface area (Å²) in [4.78, 5) is 11.2. The molecule has 1 aliphatic carbocycles. The number of halogens is 1. The summed E-state index contributed by atoms with van der Waals surface area (Å²) in [7, 11) is 0. The number of carbonyl (C=O) groups excluding carboxylic acids is 1. The molecule has 3 nitrogen and oxygen atoms in total. The van der Waals surface area contributed by atoms with Crippen LogP contribution in [0, 0.1) is 5.92 Å². The quantitative estimate of drug-likeness (QED) is 0.822. The molecule has 1 unspecified atom stereocenters. The molecule has 1 saturated carbocycles. The summed E-state index contributed by atoms with van der Waals surface area (Å²) < 4.78 is 0. The second-order valence-corrected chi connectivity index (χ2v) is 4.31. The monoisotopic (exact) mass is 224 g/mol. The average molecular weight is 225 g/mol. The minimum Gasteiger partial charge on any atom is -0.373 e. The summed E-state index contributed by atoms with van der Waals surface area (Å²) >= 11 is 5.85. The Hall–Kier alpha value is -1.22. The molecule has 0 saturated heterocycles. The third kappa shape index (κ3) is 2.63. The standard InChI is InChI=1S/C11H13ClN2O/c12-8-2-1-3-9(6-8)14-10(11(13)15)7-4-5-7/h1-3,6-7,10,14H,4-5H2,(H2,13,15). The van der Waals surface area contributed by atoms with Gasteiger partial charge in [-0.05, 0) is 37.0 Å². The average Bonchev–Trinajstić information content (AvgIpc) is 2.97. The van der Waals surface area contributed by atoms with Crippen LogP contribution in [0.15, 0.2) is 24.3 Å². The van der Waals surface area contributed by atoms with E-state index in [1.807, 2.05) is 12.1 Å². The van der Waals surface area contributed by atoms with Crippen molar-refractivity contribution in [2.24, 2.45) is 11.7 Å². The second-order valence-electron chi connectivity index (χ2n) is 3.87. The van der Waals surface area contributed by atoms with Crippen LogP contribution in [0.4, 0.5) is 5.69 Å². The lowest BCUT2D eigenvalue weighted by atomic mass is 10.1. The third-order valence-corrected chi connectivity index (χ3v) is 2.78. The van der Waals surface area contributed by atoms with Gasteiger partial charge in [0.2, 0.25) is 5.91 Å². The predicted molar refractivity (Wildman–Crippen MR) is 60.8 cm³/mol.